The lowest BCUT2D eigenvalue weighted by atomic mass is 9.84. The molecule has 0 aromatic rings. The summed E-state index contributed by atoms with van der Waals surface area (Å²) in [6, 6.07) is 0. The van der Waals surface area contributed by atoms with Crippen LogP contribution in [-0.2, 0) is 4.43 Å². The number of fused-ring (bicyclic) bond motifs is 1. The van der Waals surface area contributed by atoms with Gasteiger partial charge >= 0.3 is 0 Å². The molecule has 0 bridgehead atoms. The van der Waals surface area contributed by atoms with Crippen molar-refractivity contribution in [3.05, 3.63) is 11.6 Å². The van der Waals surface area contributed by atoms with E-state index in [1.165, 1.54) is 0 Å². The third-order valence-corrected chi connectivity index (χ3v) is 10.0. The quantitative estimate of drug-likeness (QED) is 0.584. The van der Waals surface area contributed by atoms with E-state index in [1.54, 1.807) is 0 Å². The molecule has 0 aromatic carbocycles. The minimum Gasteiger partial charge on any atom is -0.410 e. The summed E-state index contributed by atoms with van der Waals surface area (Å²) in [5.41, 5.74) is -0.721. The van der Waals surface area contributed by atoms with E-state index in [-0.39, 0.29) is 23.0 Å². The summed E-state index contributed by atoms with van der Waals surface area (Å²) in [7, 11) is -1.93. The molecule has 25 heavy (non-hydrogen) atoms. The van der Waals surface area contributed by atoms with Crippen molar-refractivity contribution in [2.24, 2.45) is 5.41 Å². The first-order valence-electron chi connectivity index (χ1n) is 9.06. The molecule has 0 saturated carbocycles. The van der Waals surface area contributed by atoms with Crippen molar-refractivity contribution in [3.63, 3.8) is 0 Å². The van der Waals surface area contributed by atoms with Crippen LogP contribution in [0.25, 0.3) is 0 Å². The summed E-state index contributed by atoms with van der Waals surface area (Å²) in [4.78, 5) is 0. The molecule has 0 spiro atoms. The van der Waals surface area contributed by atoms with E-state index in [4.69, 9.17) is 4.43 Å². The first-order valence-corrected chi connectivity index (χ1v) is 12.0. The van der Waals surface area contributed by atoms with Crippen LogP contribution in [0, 0.1) is 29.1 Å². The van der Waals surface area contributed by atoms with Gasteiger partial charge in [0.15, 0.2) is 8.32 Å². The van der Waals surface area contributed by atoms with Gasteiger partial charge in [-0.2, -0.15) is 0 Å². The highest BCUT2D eigenvalue weighted by molar-refractivity contribution is 6.74. The second-order valence-corrected chi connectivity index (χ2v) is 14.3. The van der Waals surface area contributed by atoms with Crippen molar-refractivity contribution >= 4 is 8.32 Å². The van der Waals surface area contributed by atoms with E-state index in [1.807, 2.05) is 19.9 Å². The van der Waals surface area contributed by atoms with Gasteiger partial charge in [-0.3, -0.25) is 0 Å². The fraction of sp³-hybridized carbons (Fsp3) is 0.714. The molecule has 2 N–H and O–H groups in total. The normalized spacial score (nSPS) is 31.8. The third kappa shape index (κ3) is 4.77. The molecule has 3 atom stereocenters. The van der Waals surface area contributed by atoms with Crippen LogP contribution in [0.15, 0.2) is 11.6 Å². The van der Waals surface area contributed by atoms with Crippen molar-refractivity contribution < 1.29 is 14.6 Å². The highest BCUT2D eigenvalue weighted by atomic mass is 28.4. The maximum atomic E-state index is 11.1. The molecule has 0 saturated heterocycles. The molecule has 138 valence electrons. The fourth-order valence-corrected chi connectivity index (χ4v) is 4.20. The van der Waals surface area contributed by atoms with Crippen LogP contribution in [0.2, 0.25) is 18.1 Å². The van der Waals surface area contributed by atoms with Gasteiger partial charge < -0.3 is 14.6 Å². The lowest BCUT2D eigenvalue weighted by Gasteiger charge is -2.38. The number of aliphatic hydroxyl groups is 2. The standard InChI is InChI=1S/C21H32O3Si/c1-19(2,3)25(6,7)24-18-13-16-10-12-20(4,5)14-17(22)9-8-11-21(16,23)15-18/h13,17-18,22-23H,11,14-15H2,1-7H3. The smallest absolute Gasteiger partial charge is 0.192 e. The zero-order valence-corrected chi connectivity index (χ0v) is 17.7. The molecule has 0 aromatic heterocycles. The number of hydrogen-bond acceptors (Lipinski definition) is 3. The largest absolute Gasteiger partial charge is 0.410 e. The molecule has 3 nitrogen and oxygen atoms in total. The van der Waals surface area contributed by atoms with Crippen molar-refractivity contribution in [1.29, 1.82) is 0 Å². The second-order valence-electron chi connectivity index (χ2n) is 9.58. The zero-order chi connectivity index (χ0) is 19.1. The first-order chi connectivity index (χ1) is 11.2. The van der Waals surface area contributed by atoms with Crippen LogP contribution in [0.4, 0.5) is 0 Å². The third-order valence-electron chi connectivity index (χ3n) is 5.53. The molecule has 0 heterocycles. The topological polar surface area (TPSA) is 49.7 Å². The van der Waals surface area contributed by atoms with Gasteiger partial charge in [0.05, 0.1) is 6.10 Å². The van der Waals surface area contributed by atoms with Crippen molar-refractivity contribution in [2.45, 2.75) is 89.8 Å². The van der Waals surface area contributed by atoms with E-state index in [2.05, 4.69) is 57.5 Å². The Kier molecular flexibility index (Phi) is 5.35. The van der Waals surface area contributed by atoms with Crippen LogP contribution in [0.1, 0.15) is 53.9 Å². The van der Waals surface area contributed by atoms with Crippen LogP contribution in [0.3, 0.4) is 0 Å². The van der Waals surface area contributed by atoms with Gasteiger partial charge in [0, 0.05) is 30.3 Å². The zero-order valence-electron chi connectivity index (χ0n) is 16.7. The summed E-state index contributed by atoms with van der Waals surface area (Å²) in [5.74, 6) is 12.2. The minimum absolute atomic E-state index is 0.113. The lowest BCUT2D eigenvalue weighted by molar-refractivity contribution is 0.0597. The van der Waals surface area contributed by atoms with Crippen molar-refractivity contribution in [3.8, 4) is 23.7 Å². The van der Waals surface area contributed by atoms with Gasteiger partial charge in [0.1, 0.15) is 11.7 Å². The van der Waals surface area contributed by atoms with E-state index in [0.29, 0.717) is 12.8 Å². The second kappa shape index (κ2) is 6.60. The summed E-state index contributed by atoms with van der Waals surface area (Å²) >= 11 is 0. The van der Waals surface area contributed by atoms with Gasteiger partial charge in [-0.1, -0.05) is 44.5 Å². The lowest BCUT2D eigenvalue weighted by Crippen LogP contribution is -2.44. The van der Waals surface area contributed by atoms with E-state index in [9.17, 15) is 10.2 Å². The SMILES string of the molecule is CC1(C)C#CC2=CC(O[Si](C)(C)C(C)(C)C)CC2(O)CC#CC(O)C1. The Morgan fingerprint density at radius 2 is 1.88 bits per heavy atom. The average molecular weight is 361 g/mol. The van der Waals surface area contributed by atoms with E-state index in [0.717, 1.165) is 5.57 Å². The molecule has 0 fully saturated rings. The number of aliphatic hydroxyl groups excluding tert-OH is 1. The highest BCUT2D eigenvalue weighted by Gasteiger charge is 2.44. The maximum Gasteiger partial charge on any atom is 0.192 e. The number of hydrogen-bond donors (Lipinski definition) is 2. The predicted octanol–water partition coefficient (Wildman–Crippen LogP) is 3.63. The Labute approximate surface area is 154 Å². The molecule has 2 aliphatic carbocycles. The monoisotopic (exact) mass is 360 g/mol. The first kappa shape index (κ1) is 20.3. The van der Waals surface area contributed by atoms with Crippen LogP contribution >= 0.6 is 0 Å². The Morgan fingerprint density at radius 3 is 2.48 bits per heavy atom. The van der Waals surface area contributed by atoms with Crippen LogP contribution in [0.5, 0.6) is 0 Å². The van der Waals surface area contributed by atoms with Gasteiger partial charge in [0.2, 0.25) is 0 Å². The van der Waals surface area contributed by atoms with Gasteiger partial charge in [0.25, 0.3) is 0 Å². The minimum atomic E-state index is -1.93. The summed E-state index contributed by atoms with van der Waals surface area (Å²) in [6.45, 7) is 15.1. The number of rotatable bonds is 2. The predicted molar refractivity (Wildman–Crippen MR) is 104 cm³/mol. The summed E-state index contributed by atoms with van der Waals surface area (Å²) in [5, 5.41) is 21.3. The Hall–Kier alpha value is -1.04. The Balaban J connectivity index is 2.33. The summed E-state index contributed by atoms with van der Waals surface area (Å²) in [6.07, 6.45) is 2.41. The maximum absolute atomic E-state index is 11.1. The van der Waals surface area contributed by atoms with Crippen LogP contribution in [-0.4, -0.2) is 36.3 Å². The van der Waals surface area contributed by atoms with E-state index < -0.39 is 20.0 Å². The van der Waals surface area contributed by atoms with Crippen molar-refractivity contribution in [2.75, 3.05) is 0 Å². The van der Waals surface area contributed by atoms with Gasteiger partial charge in [-0.05, 0) is 38.1 Å². The molecule has 0 radical (unpaired) electrons. The molecule has 2 rings (SSSR count). The molecule has 0 aliphatic heterocycles. The molecule has 4 heteroatoms. The van der Waals surface area contributed by atoms with Gasteiger partial charge in [-0.15, -0.1) is 0 Å². The van der Waals surface area contributed by atoms with Gasteiger partial charge in [-0.25, -0.2) is 0 Å². The highest BCUT2D eigenvalue weighted by Crippen LogP contribution is 2.42. The molecule has 2 aliphatic rings. The summed E-state index contributed by atoms with van der Waals surface area (Å²) < 4.78 is 6.47. The van der Waals surface area contributed by atoms with Crippen LogP contribution < -0.4 is 0 Å². The Morgan fingerprint density at radius 1 is 1.24 bits per heavy atom. The molecular formula is C21H32O3Si. The van der Waals surface area contributed by atoms with Crippen molar-refractivity contribution in [1.82, 2.24) is 0 Å². The van der Waals surface area contributed by atoms with E-state index >= 15 is 0 Å². The fourth-order valence-electron chi connectivity index (χ4n) is 2.94. The molecule has 3 unspecified atom stereocenters. The molecule has 0 amide bonds. The molecular weight excluding hydrogens is 328 g/mol. The average Bonchev–Trinajstić information content (AvgIpc) is 2.69. The Bertz CT molecular complexity index is 676.